The molecule has 0 saturated carbocycles. The van der Waals surface area contributed by atoms with E-state index in [1.165, 1.54) is 25.7 Å². The Balaban J connectivity index is 1.84. The highest BCUT2D eigenvalue weighted by atomic mass is 32.2. The van der Waals surface area contributed by atoms with Crippen LogP contribution in [-0.2, 0) is 0 Å². The fourth-order valence-electron chi connectivity index (χ4n) is 4.21. The molecule has 1 N–H and O–H groups in total. The van der Waals surface area contributed by atoms with Gasteiger partial charge in [0, 0.05) is 16.7 Å². The number of nitrogens with one attached hydrogen (secondary N) is 1. The number of unbranched alkanes of at least 4 members (excludes halogenated alkanes) is 3. The molecule has 8 heteroatoms. The molecule has 7 nitrogen and oxygen atoms in total. The molecule has 0 aliphatic heterocycles. The van der Waals surface area contributed by atoms with Gasteiger partial charge in [0.1, 0.15) is 11.4 Å². The summed E-state index contributed by atoms with van der Waals surface area (Å²) >= 11 is 1.69. The molecule has 4 aromatic rings. The van der Waals surface area contributed by atoms with E-state index in [9.17, 15) is 0 Å². The summed E-state index contributed by atoms with van der Waals surface area (Å²) in [5, 5.41) is 10.5. The van der Waals surface area contributed by atoms with Crippen molar-refractivity contribution in [1.29, 1.82) is 0 Å². The molecule has 184 valence electrons. The van der Waals surface area contributed by atoms with Crippen molar-refractivity contribution < 1.29 is 18.8 Å². The molecule has 0 unspecified atom stereocenters. The van der Waals surface area contributed by atoms with Gasteiger partial charge in [-0.2, -0.15) is 4.57 Å². The number of hydrogen-bond acceptors (Lipinski definition) is 6. The number of methoxy groups -OCH3 is 3. The van der Waals surface area contributed by atoms with Gasteiger partial charge in [-0.3, -0.25) is 0 Å². The second kappa shape index (κ2) is 11.4. The summed E-state index contributed by atoms with van der Waals surface area (Å²) in [7, 11) is 4.98. The summed E-state index contributed by atoms with van der Waals surface area (Å²) in [4.78, 5) is 4.84. The maximum Gasteiger partial charge on any atom is 0.423 e. The third-order valence-electron chi connectivity index (χ3n) is 6.01. The van der Waals surface area contributed by atoms with Crippen molar-refractivity contribution in [3.63, 3.8) is 0 Å². The van der Waals surface area contributed by atoms with Crippen LogP contribution in [0.15, 0.2) is 47.6 Å². The number of nitrogens with zero attached hydrogens (tertiary/aromatic N) is 3. The first-order valence-electron chi connectivity index (χ1n) is 11.9. The molecule has 0 saturated heterocycles. The number of aromatic nitrogens is 4. The van der Waals surface area contributed by atoms with Crippen LogP contribution in [0.2, 0.25) is 0 Å². The smallest absolute Gasteiger partial charge is 0.423 e. The zero-order valence-corrected chi connectivity index (χ0v) is 21.9. The second-order valence-corrected chi connectivity index (χ2v) is 9.41. The summed E-state index contributed by atoms with van der Waals surface area (Å²) in [6.45, 7) is 4.30. The van der Waals surface area contributed by atoms with Gasteiger partial charge in [-0.05, 0) is 66.2 Å². The standard InChI is InChI=1S/C27H33N4O3S/c1-6-7-8-9-14-35-27-28-26(29-30-27)31-18(2)15-20-16-23(33-4)24(34-5)17-22(20)25(31)19-10-12-21(32-3)13-11-19/h10-13,15-17H,6-9,14H2,1-5H3,(H,28,29,30)/q+1. The minimum atomic E-state index is 0.672. The van der Waals surface area contributed by atoms with E-state index < -0.39 is 0 Å². The lowest BCUT2D eigenvalue weighted by Crippen LogP contribution is -2.38. The van der Waals surface area contributed by atoms with E-state index in [0.29, 0.717) is 17.4 Å². The van der Waals surface area contributed by atoms with E-state index in [2.05, 4.69) is 46.8 Å². The van der Waals surface area contributed by atoms with Crippen LogP contribution in [0.1, 0.15) is 38.3 Å². The van der Waals surface area contributed by atoms with Gasteiger partial charge in [0.2, 0.25) is 0 Å². The van der Waals surface area contributed by atoms with Gasteiger partial charge in [-0.15, -0.1) is 5.10 Å². The Morgan fingerprint density at radius 3 is 2.34 bits per heavy atom. The van der Waals surface area contributed by atoms with Crippen LogP contribution in [0.25, 0.3) is 28.0 Å². The lowest BCUT2D eigenvalue weighted by molar-refractivity contribution is -0.597. The predicted octanol–water partition coefficient (Wildman–Crippen LogP) is 5.91. The number of H-pyrrole nitrogens is 1. The van der Waals surface area contributed by atoms with Gasteiger partial charge in [0.25, 0.3) is 5.16 Å². The fraction of sp³-hybridized carbons (Fsp3) is 0.370. The Labute approximate surface area is 210 Å². The monoisotopic (exact) mass is 493 g/mol. The quantitative estimate of drug-likeness (QED) is 0.159. The van der Waals surface area contributed by atoms with Crippen molar-refractivity contribution in [3.8, 4) is 34.5 Å². The van der Waals surface area contributed by atoms with Crippen molar-refractivity contribution in [2.75, 3.05) is 27.1 Å². The molecule has 4 rings (SSSR count). The molecular weight excluding hydrogens is 460 g/mol. The first-order chi connectivity index (χ1) is 17.1. The lowest BCUT2D eigenvalue weighted by Gasteiger charge is -2.16. The van der Waals surface area contributed by atoms with Crippen LogP contribution in [0.5, 0.6) is 17.2 Å². The van der Waals surface area contributed by atoms with Gasteiger partial charge in [-0.1, -0.05) is 43.0 Å². The van der Waals surface area contributed by atoms with Crippen molar-refractivity contribution in [3.05, 3.63) is 48.2 Å². The average Bonchev–Trinajstić information content (AvgIpc) is 3.35. The van der Waals surface area contributed by atoms with Gasteiger partial charge in [-0.25, -0.2) is 0 Å². The third kappa shape index (κ3) is 5.37. The van der Waals surface area contributed by atoms with E-state index in [4.69, 9.17) is 19.2 Å². The number of pyridine rings is 1. The highest BCUT2D eigenvalue weighted by molar-refractivity contribution is 7.99. The van der Waals surface area contributed by atoms with E-state index in [0.717, 1.165) is 44.4 Å². The number of aromatic amines is 1. The van der Waals surface area contributed by atoms with Crippen molar-refractivity contribution in [2.45, 2.75) is 44.7 Å². The molecule has 0 fully saturated rings. The zero-order chi connectivity index (χ0) is 24.8. The molecule has 2 aromatic heterocycles. The maximum atomic E-state index is 5.63. The molecule has 0 radical (unpaired) electrons. The molecular formula is C27H33N4O3S+. The molecule has 2 heterocycles. The molecule has 0 amide bonds. The topological polar surface area (TPSA) is 73.1 Å². The lowest BCUT2D eigenvalue weighted by atomic mass is 10.0. The van der Waals surface area contributed by atoms with Crippen LogP contribution in [-0.4, -0.2) is 42.3 Å². The number of benzene rings is 2. The van der Waals surface area contributed by atoms with Crippen molar-refractivity contribution >= 4 is 22.5 Å². The van der Waals surface area contributed by atoms with Crippen LogP contribution < -0.4 is 18.8 Å². The van der Waals surface area contributed by atoms with Gasteiger partial charge < -0.3 is 14.2 Å². The molecule has 0 aliphatic rings. The SMILES string of the molecule is CCCCCCSc1n[nH]c(-[n+]2c(C)cc3cc(OC)c(OC)cc3c2-c2ccc(OC)cc2)n1. The number of thioether (sulfide) groups is 1. The Morgan fingerprint density at radius 2 is 1.66 bits per heavy atom. The summed E-state index contributed by atoms with van der Waals surface area (Å²) in [6.07, 6.45) is 4.92. The Bertz CT molecular complexity index is 1290. The summed E-state index contributed by atoms with van der Waals surface area (Å²) in [5.74, 6) is 3.87. The number of rotatable bonds is 11. The zero-order valence-electron chi connectivity index (χ0n) is 21.1. The van der Waals surface area contributed by atoms with Gasteiger partial charge >= 0.3 is 5.95 Å². The first kappa shape index (κ1) is 24.9. The molecule has 35 heavy (non-hydrogen) atoms. The third-order valence-corrected chi connectivity index (χ3v) is 6.94. The van der Waals surface area contributed by atoms with E-state index in [1.54, 1.807) is 33.1 Å². The number of ether oxygens (including phenoxy) is 3. The molecule has 0 bridgehead atoms. The maximum absolute atomic E-state index is 5.63. The van der Waals surface area contributed by atoms with Crippen LogP contribution in [0.4, 0.5) is 0 Å². The van der Waals surface area contributed by atoms with Crippen LogP contribution >= 0.6 is 11.8 Å². The predicted molar refractivity (Wildman–Crippen MR) is 140 cm³/mol. The van der Waals surface area contributed by atoms with E-state index in [1.807, 2.05) is 24.3 Å². The first-order valence-corrected chi connectivity index (χ1v) is 12.9. The molecule has 0 spiro atoms. The van der Waals surface area contributed by atoms with Crippen LogP contribution in [0.3, 0.4) is 0 Å². The summed E-state index contributed by atoms with van der Waals surface area (Å²) in [5.41, 5.74) is 3.03. The van der Waals surface area contributed by atoms with E-state index >= 15 is 0 Å². The number of aryl methyl sites for hydroxylation is 1. The number of fused-ring (bicyclic) bond motifs is 1. The largest absolute Gasteiger partial charge is 0.497 e. The highest BCUT2D eigenvalue weighted by Gasteiger charge is 2.25. The fourth-order valence-corrected chi connectivity index (χ4v) is 5.00. The second-order valence-electron chi connectivity index (χ2n) is 8.34. The normalized spacial score (nSPS) is 11.1. The Morgan fingerprint density at radius 1 is 0.914 bits per heavy atom. The summed E-state index contributed by atoms with van der Waals surface area (Å²) < 4.78 is 18.7. The van der Waals surface area contributed by atoms with E-state index in [-0.39, 0.29) is 0 Å². The molecule has 0 aliphatic carbocycles. The van der Waals surface area contributed by atoms with Gasteiger partial charge in [0.05, 0.1) is 27.0 Å². The Hall–Kier alpha value is -3.26. The average molecular weight is 494 g/mol. The Kier molecular flexibility index (Phi) is 8.13. The van der Waals surface area contributed by atoms with Crippen LogP contribution in [0, 0.1) is 6.92 Å². The number of hydrogen-bond donors (Lipinski definition) is 1. The molecule has 0 atom stereocenters. The molecule has 2 aromatic carbocycles. The van der Waals surface area contributed by atoms with Crippen molar-refractivity contribution in [1.82, 2.24) is 15.2 Å². The van der Waals surface area contributed by atoms with Crippen molar-refractivity contribution in [2.24, 2.45) is 0 Å². The minimum Gasteiger partial charge on any atom is -0.497 e. The minimum absolute atomic E-state index is 0.672. The highest BCUT2D eigenvalue weighted by Crippen LogP contribution is 2.37. The summed E-state index contributed by atoms with van der Waals surface area (Å²) in [6, 6.07) is 14.2. The van der Waals surface area contributed by atoms with Gasteiger partial charge in [0.15, 0.2) is 11.5 Å².